The Balaban J connectivity index is 2.19. The van der Waals surface area contributed by atoms with Crippen molar-refractivity contribution in [2.75, 3.05) is 5.32 Å². The Hall–Kier alpha value is -1.31. The van der Waals surface area contributed by atoms with Crippen molar-refractivity contribution in [1.82, 2.24) is 0 Å². The van der Waals surface area contributed by atoms with Crippen LogP contribution in [0.25, 0.3) is 0 Å². The van der Waals surface area contributed by atoms with E-state index >= 15 is 0 Å². The summed E-state index contributed by atoms with van der Waals surface area (Å²) in [6.07, 6.45) is 6.07. The molecule has 0 aromatic heterocycles. The van der Waals surface area contributed by atoms with Crippen LogP contribution in [0.4, 0.5) is 5.69 Å². The molecule has 2 heteroatoms. The van der Waals surface area contributed by atoms with Crippen molar-refractivity contribution in [3.63, 3.8) is 0 Å². The first kappa shape index (κ1) is 11.8. The van der Waals surface area contributed by atoms with Crippen LogP contribution in [0.15, 0.2) is 30.3 Å². The summed E-state index contributed by atoms with van der Waals surface area (Å²) < 4.78 is 0. The van der Waals surface area contributed by atoms with Gasteiger partial charge in [0.1, 0.15) is 0 Å². The molecule has 81 valence electrons. The standard InChI is InChI=1S/C13H18NO/c1-2-3-4-8-11-13(15)14-12-9-6-5-7-10-12/h5-7,9-11H,2-4,8H2,1H3,(H,14,15). The van der Waals surface area contributed by atoms with E-state index in [4.69, 9.17) is 0 Å². The third kappa shape index (κ3) is 5.21. The van der Waals surface area contributed by atoms with E-state index < -0.39 is 0 Å². The number of hydrogen-bond acceptors (Lipinski definition) is 1. The summed E-state index contributed by atoms with van der Waals surface area (Å²) in [6.45, 7) is 2.16. The number of amides is 1. The molecule has 2 nitrogen and oxygen atoms in total. The Kier molecular flexibility index (Phi) is 5.52. The second-order valence-corrected chi connectivity index (χ2v) is 3.56. The van der Waals surface area contributed by atoms with Crippen LogP contribution in [-0.4, -0.2) is 5.91 Å². The number of carbonyl (C=O) groups is 1. The lowest BCUT2D eigenvalue weighted by Gasteiger charge is -2.03. The third-order valence-electron chi connectivity index (χ3n) is 2.18. The maximum Gasteiger partial charge on any atom is 0.228 e. The molecule has 0 aliphatic carbocycles. The fraction of sp³-hybridized carbons (Fsp3) is 0.385. The third-order valence-corrected chi connectivity index (χ3v) is 2.18. The van der Waals surface area contributed by atoms with Gasteiger partial charge in [-0.2, -0.15) is 0 Å². The zero-order valence-corrected chi connectivity index (χ0v) is 9.20. The number of nitrogens with one attached hydrogen (secondary N) is 1. The van der Waals surface area contributed by atoms with Gasteiger partial charge in [0, 0.05) is 12.1 Å². The second kappa shape index (κ2) is 7.04. The fourth-order valence-corrected chi connectivity index (χ4v) is 1.34. The quantitative estimate of drug-likeness (QED) is 0.707. The molecule has 1 aromatic carbocycles. The molecule has 0 aliphatic rings. The Bertz CT molecular complexity index is 282. The molecule has 1 rings (SSSR count). The molecule has 1 N–H and O–H groups in total. The molecule has 15 heavy (non-hydrogen) atoms. The zero-order chi connectivity index (χ0) is 10.9. The van der Waals surface area contributed by atoms with Gasteiger partial charge in [0.15, 0.2) is 0 Å². The average molecular weight is 204 g/mol. The summed E-state index contributed by atoms with van der Waals surface area (Å²) in [4.78, 5) is 11.4. The summed E-state index contributed by atoms with van der Waals surface area (Å²) in [5.74, 6) is -0.00250. The number of rotatable bonds is 6. The maximum absolute atomic E-state index is 11.4. The van der Waals surface area contributed by atoms with Crippen LogP contribution in [0, 0.1) is 6.42 Å². The van der Waals surface area contributed by atoms with Crippen molar-refractivity contribution < 1.29 is 4.79 Å². The van der Waals surface area contributed by atoms with E-state index in [1.54, 1.807) is 6.42 Å². The maximum atomic E-state index is 11.4. The summed E-state index contributed by atoms with van der Waals surface area (Å²) in [5.41, 5.74) is 0.856. The monoisotopic (exact) mass is 204 g/mol. The smallest absolute Gasteiger partial charge is 0.228 e. The number of carbonyl (C=O) groups excluding carboxylic acids is 1. The van der Waals surface area contributed by atoms with Crippen LogP contribution in [0.3, 0.4) is 0 Å². The van der Waals surface area contributed by atoms with Gasteiger partial charge in [-0.05, 0) is 18.6 Å². The van der Waals surface area contributed by atoms with E-state index in [0.29, 0.717) is 0 Å². The van der Waals surface area contributed by atoms with Gasteiger partial charge in [0.25, 0.3) is 0 Å². The van der Waals surface area contributed by atoms with Gasteiger partial charge in [0.05, 0.1) is 0 Å². The van der Waals surface area contributed by atoms with Crippen molar-refractivity contribution in [3.05, 3.63) is 36.8 Å². The average Bonchev–Trinajstić information content (AvgIpc) is 2.26. The van der Waals surface area contributed by atoms with Gasteiger partial charge in [-0.3, -0.25) is 4.79 Å². The highest BCUT2D eigenvalue weighted by Crippen LogP contribution is 2.07. The van der Waals surface area contributed by atoms with Gasteiger partial charge in [0.2, 0.25) is 5.91 Å². The largest absolute Gasteiger partial charge is 0.326 e. The molecule has 0 fully saturated rings. The van der Waals surface area contributed by atoms with Gasteiger partial charge in [-0.1, -0.05) is 44.4 Å². The summed E-state index contributed by atoms with van der Waals surface area (Å²) >= 11 is 0. The minimum Gasteiger partial charge on any atom is -0.326 e. The molecule has 0 aliphatic heterocycles. The lowest BCUT2D eigenvalue weighted by atomic mass is 10.1. The number of hydrogen-bond donors (Lipinski definition) is 1. The van der Waals surface area contributed by atoms with E-state index in [0.717, 1.165) is 18.5 Å². The molecule has 0 saturated heterocycles. The minimum atomic E-state index is -0.00250. The van der Waals surface area contributed by atoms with Crippen molar-refractivity contribution in [2.45, 2.75) is 32.6 Å². The van der Waals surface area contributed by atoms with Crippen molar-refractivity contribution in [1.29, 1.82) is 0 Å². The van der Waals surface area contributed by atoms with Gasteiger partial charge < -0.3 is 5.32 Å². The molecular formula is C13H18NO. The van der Waals surface area contributed by atoms with Crippen LogP contribution in [0.1, 0.15) is 32.6 Å². The lowest BCUT2D eigenvalue weighted by Crippen LogP contribution is -2.11. The predicted molar refractivity (Wildman–Crippen MR) is 63.5 cm³/mol. The number of benzene rings is 1. The van der Waals surface area contributed by atoms with Gasteiger partial charge in [-0.25, -0.2) is 0 Å². The zero-order valence-electron chi connectivity index (χ0n) is 9.20. The number of anilines is 1. The normalized spacial score (nSPS) is 9.93. The van der Waals surface area contributed by atoms with Crippen molar-refractivity contribution in [3.8, 4) is 0 Å². The first-order valence-corrected chi connectivity index (χ1v) is 5.52. The van der Waals surface area contributed by atoms with E-state index in [9.17, 15) is 4.79 Å². The molecule has 0 saturated carbocycles. The van der Waals surface area contributed by atoms with Crippen LogP contribution >= 0.6 is 0 Å². The molecule has 1 aromatic rings. The highest BCUT2D eigenvalue weighted by molar-refractivity contribution is 5.96. The summed E-state index contributed by atoms with van der Waals surface area (Å²) in [6, 6.07) is 9.52. The van der Waals surface area contributed by atoms with E-state index in [2.05, 4.69) is 12.2 Å². The molecule has 0 atom stereocenters. The molecule has 0 unspecified atom stereocenters. The van der Waals surface area contributed by atoms with Crippen LogP contribution in [0.5, 0.6) is 0 Å². The Morgan fingerprint density at radius 2 is 2.00 bits per heavy atom. The molecular weight excluding hydrogens is 186 g/mol. The fourth-order valence-electron chi connectivity index (χ4n) is 1.34. The van der Waals surface area contributed by atoms with Gasteiger partial charge >= 0.3 is 0 Å². The highest BCUT2D eigenvalue weighted by atomic mass is 16.1. The Labute approximate surface area is 91.7 Å². The first-order chi connectivity index (χ1) is 7.33. The van der Waals surface area contributed by atoms with Crippen molar-refractivity contribution in [2.24, 2.45) is 0 Å². The summed E-state index contributed by atoms with van der Waals surface area (Å²) in [5, 5.41) is 2.82. The Morgan fingerprint density at radius 3 is 2.67 bits per heavy atom. The van der Waals surface area contributed by atoms with E-state index in [1.165, 1.54) is 12.8 Å². The van der Waals surface area contributed by atoms with Crippen LogP contribution < -0.4 is 5.32 Å². The van der Waals surface area contributed by atoms with E-state index in [-0.39, 0.29) is 5.91 Å². The summed E-state index contributed by atoms with van der Waals surface area (Å²) in [7, 11) is 0. The second-order valence-electron chi connectivity index (χ2n) is 3.56. The van der Waals surface area contributed by atoms with E-state index in [1.807, 2.05) is 30.3 Å². The number of unbranched alkanes of at least 4 members (excludes halogenated alkanes) is 3. The lowest BCUT2D eigenvalue weighted by molar-refractivity contribution is -0.113. The number of para-hydroxylation sites is 1. The molecule has 0 spiro atoms. The van der Waals surface area contributed by atoms with Crippen LogP contribution in [0.2, 0.25) is 0 Å². The molecule has 1 radical (unpaired) electrons. The van der Waals surface area contributed by atoms with Crippen molar-refractivity contribution >= 4 is 11.6 Å². The SMILES string of the molecule is CCCCC[CH]C(=O)Nc1ccccc1. The first-order valence-electron chi connectivity index (χ1n) is 5.52. The molecule has 0 bridgehead atoms. The molecule has 0 heterocycles. The predicted octanol–water partition coefficient (Wildman–Crippen LogP) is 3.41. The highest BCUT2D eigenvalue weighted by Gasteiger charge is 2.01. The van der Waals surface area contributed by atoms with Crippen LogP contribution in [-0.2, 0) is 4.79 Å². The minimum absolute atomic E-state index is 0.00250. The molecule has 1 amide bonds. The Morgan fingerprint density at radius 1 is 1.27 bits per heavy atom. The topological polar surface area (TPSA) is 29.1 Å². The van der Waals surface area contributed by atoms with Gasteiger partial charge in [-0.15, -0.1) is 0 Å².